The van der Waals surface area contributed by atoms with Crippen molar-refractivity contribution in [2.45, 2.75) is 6.18 Å². The molecule has 0 amide bonds. The first-order chi connectivity index (χ1) is 6.09. The zero-order valence-corrected chi connectivity index (χ0v) is 9.39. The van der Waals surface area contributed by atoms with E-state index in [4.69, 9.17) is 0 Å². The molecule has 0 fully saturated rings. The van der Waals surface area contributed by atoms with Gasteiger partial charge < -0.3 is 0 Å². The third kappa shape index (κ3) is 3.96. The van der Waals surface area contributed by atoms with Crippen LogP contribution < -0.4 is 0 Å². The average molecular weight is 234 g/mol. The Hall–Kier alpha value is -0.100. The van der Waals surface area contributed by atoms with Gasteiger partial charge in [0.2, 0.25) is 0 Å². The maximum Gasteiger partial charge on any atom is 0.412 e. The molecule has 0 aromatic rings. The lowest BCUT2D eigenvalue weighted by Crippen LogP contribution is -2.26. The zero-order chi connectivity index (χ0) is 11.6. The minimum atomic E-state index is -4.47. The second kappa shape index (κ2) is 4.61. The molecule has 0 N–H and O–H groups in total. The highest BCUT2D eigenvalue weighted by Gasteiger charge is 2.36. The molecule has 0 spiro atoms. The van der Waals surface area contributed by atoms with E-state index < -0.39 is 20.5 Å². The van der Waals surface area contributed by atoms with Gasteiger partial charge in [-0.05, 0) is 28.2 Å². The Morgan fingerprint density at radius 3 is 1.71 bits per heavy atom. The lowest BCUT2D eigenvalue weighted by molar-refractivity contribution is -0.155. The van der Waals surface area contributed by atoms with Gasteiger partial charge in [-0.1, -0.05) is 0 Å². The molecule has 4 nitrogen and oxygen atoms in total. The molecule has 0 heterocycles. The molecule has 0 radical (unpaired) electrons. The smallest absolute Gasteiger partial charge is 0.296 e. The van der Waals surface area contributed by atoms with E-state index in [-0.39, 0.29) is 0 Å². The molecule has 0 saturated heterocycles. The van der Waals surface area contributed by atoms with Crippen molar-refractivity contribution in [1.29, 1.82) is 0 Å². The van der Waals surface area contributed by atoms with Crippen molar-refractivity contribution < 1.29 is 22.3 Å². The van der Waals surface area contributed by atoms with Gasteiger partial charge >= 0.3 is 13.8 Å². The van der Waals surface area contributed by atoms with Crippen molar-refractivity contribution in [3.63, 3.8) is 0 Å². The zero-order valence-electron chi connectivity index (χ0n) is 8.50. The molecule has 0 aliphatic rings. The fourth-order valence-corrected chi connectivity index (χ4v) is 2.24. The molecule has 0 rings (SSSR count). The lowest BCUT2D eigenvalue weighted by Gasteiger charge is -2.29. The van der Waals surface area contributed by atoms with Gasteiger partial charge in [0.1, 0.15) is 0 Å². The maximum absolute atomic E-state index is 11.8. The third-order valence-electron chi connectivity index (χ3n) is 1.41. The van der Waals surface area contributed by atoms with Crippen molar-refractivity contribution in [2.75, 3.05) is 34.8 Å². The van der Waals surface area contributed by atoms with Gasteiger partial charge in [-0.15, -0.1) is 0 Å². The van der Waals surface area contributed by atoms with Crippen LogP contribution in [0.4, 0.5) is 13.2 Å². The van der Waals surface area contributed by atoms with Crippen LogP contribution in [-0.2, 0) is 9.09 Å². The predicted molar refractivity (Wildman–Crippen MR) is 47.0 cm³/mol. The van der Waals surface area contributed by atoms with Crippen LogP contribution in [0.1, 0.15) is 0 Å². The molecule has 0 aliphatic heterocycles. The summed E-state index contributed by atoms with van der Waals surface area (Å²) in [5.41, 5.74) is 0. The standard InChI is InChI=1S/C6H14F3N2O2P/c1-10(2)14(12,11(3)4)13-5-6(7,8)9/h5H2,1-4H3. The minimum Gasteiger partial charge on any atom is -0.296 e. The Labute approximate surface area is 81.2 Å². The Morgan fingerprint density at radius 2 is 1.50 bits per heavy atom. The molecule has 0 bridgehead atoms. The van der Waals surface area contributed by atoms with Gasteiger partial charge in [-0.2, -0.15) is 13.2 Å². The first-order valence-electron chi connectivity index (χ1n) is 3.76. The highest BCUT2D eigenvalue weighted by molar-refractivity contribution is 7.53. The first kappa shape index (κ1) is 13.9. The largest absolute Gasteiger partial charge is 0.412 e. The van der Waals surface area contributed by atoms with E-state index in [1.54, 1.807) is 0 Å². The van der Waals surface area contributed by atoms with Crippen molar-refractivity contribution in [1.82, 2.24) is 9.34 Å². The Balaban J connectivity index is 4.49. The lowest BCUT2D eigenvalue weighted by atomic mass is 10.7. The fourth-order valence-electron chi connectivity index (χ4n) is 0.746. The number of rotatable bonds is 4. The Bertz CT molecular complexity index is 218. The third-order valence-corrected chi connectivity index (χ3v) is 3.89. The summed E-state index contributed by atoms with van der Waals surface area (Å²) in [6, 6.07) is 0. The summed E-state index contributed by atoms with van der Waals surface area (Å²) in [6.07, 6.45) is -4.47. The van der Waals surface area contributed by atoms with Crippen LogP contribution in [0, 0.1) is 0 Å². The fraction of sp³-hybridized carbons (Fsp3) is 1.00. The summed E-state index contributed by atoms with van der Waals surface area (Å²) >= 11 is 0. The molecule has 14 heavy (non-hydrogen) atoms. The number of alkyl halides is 3. The molecule has 0 aliphatic carbocycles. The summed E-state index contributed by atoms with van der Waals surface area (Å²) in [5.74, 6) is 0. The molecule has 0 aromatic carbocycles. The number of nitrogens with zero attached hydrogens (tertiary/aromatic N) is 2. The predicted octanol–water partition coefficient (Wildman–Crippen LogP) is 1.80. The molecule has 86 valence electrons. The molecule has 0 unspecified atom stereocenters. The van der Waals surface area contributed by atoms with E-state index in [0.717, 1.165) is 9.34 Å². The molecule has 0 aromatic heterocycles. The van der Waals surface area contributed by atoms with Gasteiger partial charge in [0.25, 0.3) is 0 Å². The Kier molecular flexibility index (Phi) is 4.58. The van der Waals surface area contributed by atoms with E-state index >= 15 is 0 Å². The first-order valence-corrected chi connectivity index (χ1v) is 5.29. The van der Waals surface area contributed by atoms with Crippen molar-refractivity contribution in [2.24, 2.45) is 0 Å². The number of hydrogen-bond acceptors (Lipinski definition) is 2. The maximum atomic E-state index is 11.8. The highest BCUT2D eigenvalue weighted by Crippen LogP contribution is 2.51. The summed E-state index contributed by atoms with van der Waals surface area (Å²) in [4.78, 5) is 0. The molecule has 0 saturated carbocycles. The summed E-state index contributed by atoms with van der Waals surface area (Å²) < 4.78 is 54.0. The van der Waals surface area contributed by atoms with Crippen LogP contribution in [0.2, 0.25) is 0 Å². The monoisotopic (exact) mass is 234 g/mol. The quantitative estimate of drug-likeness (QED) is 0.694. The molecule has 8 heteroatoms. The molecular weight excluding hydrogens is 220 g/mol. The van der Waals surface area contributed by atoms with E-state index in [9.17, 15) is 17.7 Å². The summed E-state index contributed by atoms with van der Waals surface area (Å²) in [7, 11) is 2.09. The second-order valence-electron chi connectivity index (χ2n) is 3.07. The second-order valence-corrected chi connectivity index (χ2v) is 5.91. The molecular formula is C6H14F3N2O2P. The van der Waals surface area contributed by atoms with Crippen LogP contribution in [0.3, 0.4) is 0 Å². The van der Waals surface area contributed by atoms with Gasteiger partial charge in [0, 0.05) is 0 Å². The normalized spacial score (nSPS) is 14.1. The van der Waals surface area contributed by atoms with Crippen LogP contribution >= 0.6 is 7.67 Å². The Morgan fingerprint density at radius 1 is 1.14 bits per heavy atom. The highest BCUT2D eigenvalue weighted by atomic mass is 31.2. The van der Waals surface area contributed by atoms with Crippen molar-refractivity contribution in [3.05, 3.63) is 0 Å². The SMILES string of the molecule is CN(C)P(=O)(OCC(F)(F)F)N(C)C. The van der Waals surface area contributed by atoms with Gasteiger partial charge in [-0.25, -0.2) is 9.34 Å². The van der Waals surface area contributed by atoms with E-state index in [2.05, 4.69) is 4.52 Å². The van der Waals surface area contributed by atoms with Crippen LogP contribution in [-0.4, -0.2) is 50.3 Å². The average Bonchev–Trinajstić information content (AvgIpc) is 1.97. The van der Waals surface area contributed by atoms with Crippen LogP contribution in [0.25, 0.3) is 0 Å². The van der Waals surface area contributed by atoms with Gasteiger partial charge in [-0.3, -0.25) is 9.09 Å². The summed E-state index contributed by atoms with van der Waals surface area (Å²) in [5, 5.41) is 0. The van der Waals surface area contributed by atoms with E-state index in [0.29, 0.717) is 0 Å². The number of halogens is 3. The summed E-state index contributed by atoms with van der Waals surface area (Å²) in [6.45, 7) is -1.51. The number of hydrogen-bond donors (Lipinski definition) is 0. The van der Waals surface area contributed by atoms with Crippen molar-refractivity contribution >= 4 is 7.67 Å². The minimum absolute atomic E-state index is 1.14. The van der Waals surface area contributed by atoms with Crippen LogP contribution in [0.15, 0.2) is 0 Å². The topological polar surface area (TPSA) is 32.8 Å². The van der Waals surface area contributed by atoms with Crippen LogP contribution in [0.5, 0.6) is 0 Å². The van der Waals surface area contributed by atoms with E-state index in [1.165, 1.54) is 28.2 Å². The van der Waals surface area contributed by atoms with Crippen molar-refractivity contribution in [3.8, 4) is 0 Å². The van der Waals surface area contributed by atoms with Gasteiger partial charge in [0.15, 0.2) is 6.61 Å². The molecule has 0 atom stereocenters. The van der Waals surface area contributed by atoms with E-state index in [1.807, 2.05) is 0 Å². The van der Waals surface area contributed by atoms with Gasteiger partial charge in [0.05, 0.1) is 0 Å².